The Morgan fingerprint density at radius 1 is 0.969 bits per heavy atom. The Bertz CT molecular complexity index is 1180. The minimum absolute atomic E-state index is 0.0316. The highest BCUT2D eigenvalue weighted by Gasteiger charge is 2.32. The van der Waals surface area contributed by atoms with Gasteiger partial charge in [-0.25, -0.2) is 22.0 Å². The molecule has 0 aliphatic carbocycles. The number of hydrogen-bond acceptors (Lipinski definition) is 4. The first-order valence-electron chi connectivity index (χ1n) is 9.97. The average Bonchev–Trinajstić information content (AvgIpc) is 2.81. The Hall–Kier alpha value is -3.10. The highest BCUT2D eigenvalue weighted by atomic mass is 32.2. The van der Waals surface area contributed by atoms with E-state index < -0.39 is 33.7 Å². The topological polar surface area (TPSA) is 63.7 Å². The summed E-state index contributed by atoms with van der Waals surface area (Å²) in [5.74, 6) is -2.86. The van der Waals surface area contributed by atoms with Gasteiger partial charge in [0, 0.05) is 6.54 Å². The van der Waals surface area contributed by atoms with Crippen LogP contribution in [0.1, 0.15) is 40.9 Å². The molecule has 0 aliphatic rings. The van der Waals surface area contributed by atoms with Crippen LogP contribution in [0.5, 0.6) is 0 Å². The highest BCUT2D eigenvalue weighted by Crippen LogP contribution is 2.32. The summed E-state index contributed by atoms with van der Waals surface area (Å²) in [5.41, 5.74) is 1.73. The summed E-state index contributed by atoms with van der Waals surface area (Å²) in [6.45, 7) is 1.82. The van der Waals surface area contributed by atoms with Crippen LogP contribution in [-0.2, 0) is 21.3 Å². The molecule has 0 amide bonds. The summed E-state index contributed by atoms with van der Waals surface area (Å²) in [5, 5.41) is 0. The van der Waals surface area contributed by atoms with Gasteiger partial charge in [0.1, 0.15) is 0 Å². The Morgan fingerprint density at radius 3 is 2.19 bits per heavy atom. The number of hydrogen-bond donors (Lipinski definition) is 0. The second kappa shape index (κ2) is 10.0. The molecule has 0 N–H and O–H groups in total. The van der Waals surface area contributed by atoms with Crippen LogP contribution in [0.2, 0.25) is 0 Å². The maximum atomic E-state index is 13.9. The fourth-order valence-electron chi connectivity index (χ4n) is 3.46. The minimum atomic E-state index is -4.19. The molecule has 8 heteroatoms. The first kappa shape index (κ1) is 23.6. The molecule has 168 valence electrons. The van der Waals surface area contributed by atoms with Gasteiger partial charge in [-0.2, -0.15) is 4.31 Å². The number of carbonyl (C=O) groups is 1. The van der Waals surface area contributed by atoms with Gasteiger partial charge in [0.05, 0.1) is 23.6 Å². The molecule has 1 atom stereocenters. The zero-order chi connectivity index (χ0) is 23.3. The van der Waals surface area contributed by atoms with Crippen LogP contribution in [0.25, 0.3) is 0 Å². The van der Waals surface area contributed by atoms with E-state index in [0.717, 1.165) is 17.7 Å². The van der Waals surface area contributed by atoms with E-state index in [-0.39, 0.29) is 11.4 Å². The smallest absolute Gasteiger partial charge is 0.337 e. The van der Waals surface area contributed by atoms with Crippen molar-refractivity contribution in [3.8, 4) is 0 Å². The zero-order valence-corrected chi connectivity index (χ0v) is 18.5. The number of ether oxygens (including phenoxy) is 1. The first-order valence-corrected chi connectivity index (χ1v) is 11.4. The summed E-state index contributed by atoms with van der Waals surface area (Å²) < 4.78 is 60.4. The minimum Gasteiger partial charge on any atom is -0.465 e. The molecule has 0 heterocycles. The van der Waals surface area contributed by atoms with Crippen molar-refractivity contribution in [3.05, 3.63) is 101 Å². The quantitative estimate of drug-likeness (QED) is 0.440. The third-order valence-electron chi connectivity index (χ3n) is 5.13. The van der Waals surface area contributed by atoms with Crippen LogP contribution in [0, 0.1) is 11.6 Å². The monoisotopic (exact) mass is 459 g/mol. The number of rotatable bonds is 8. The zero-order valence-electron chi connectivity index (χ0n) is 17.7. The number of sulfonamides is 1. The second-order valence-corrected chi connectivity index (χ2v) is 9.04. The second-order valence-electron chi connectivity index (χ2n) is 7.15. The molecule has 3 aromatic rings. The van der Waals surface area contributed by atoms with Gasteiger partial charge in [-0.15, -0.1) is 0 Å². The van der Waals surface area contributed by atoms with Crippen LogP contribution in [0.4, 0.5) is 8.78 Å². The summed E-state index contributed by atoms with van der Waals surface area (Å²) >= 11 is 0. The van der Waals surface area contributed by atoms with E-state index in [1.165, 1.54) is 11.4 Å². The van der Waals surface area contributed by atoms with Crippen LogP contribution >= 0.6 is 0 Å². The van der Waals surface area contributed by atoms with Crippen LogP contribution in [0.15, 0.2) is 77.7 Å². The Balaban J connectivity index is 2.06. The summed E-state index contributed by atoms with van der Waals surface area (Å²) in [7, 11) is -2.92. The number of halogens is 2. The molecule has 0 bridgehead atoms. The molecule has 0 radical (unpaired) electrons. The SMILES string of the molecule is CCC(c1ccccc1)N(Cc1ccc(C(=O)OC)cc1)S(=O)(=O)c1ccc(F)c(F)c1. The number of methoxy groups -OCH3 is 1. The Morgan fingerprint density at radius 2 is 1.62 bits per heavy atom. The van der Waals surface area contributed by atoms with Crippen molar-refractivity contribution in [2.24, 2.45) is 0 Å². The molecule has 3 rings (SSSR count). The number of nitrogens with zero attached hydrogens (tertiary/aromatic N) is 1. The maximum Gasteiger partial charge on any atom is 0.337 e. The van der Waals surface area contributed by atoms with E-state index in [4.69, 9.17) is 4.74 Å². The molecule has 0 saturated carbocycles. The predicted octanol–water partition coefficient (Wildman–Crippen LogP) is 5.09. The molecule has 0 saturated heterocycles. The molecule has 0 aliphatic heterocycles. The largest absolute Gasteiger partial charge is 0.465 e. The van der Waals surface area contributed by atoms with Gasteiger partial charge in [-0.3, -0.25) is 0 Å². The van der Waals surface area contributed by atoms with Crippen molar-refractivity contribution in [3.63, 3.8) is 0 Å². The van der Waals surface area contributed by atoms with Gasteiger partial charge in [0.15, 0.2) is 11.6 Å². The molecule has 5 nitrogen and oxygen atoms in total. The van der Waals surface area contributed by atoms with E-state index in [9.17, 15) is 22.0 Å². The van der Waals surface area contributed by atoms with Crippen LogP contribution in [-0.4, -0.2) is 25.8 Å². The van der Waals surface area contributed by atoms with Crippen LogP contribution < -0.4 is 0 Å². The van der Waals surface area contributed by atoms with E-state index in [2.05, 4.69) is 0 Å². The maximum absolute atomic E-state index is 13.9. The van der Waals surface area contributed by atoms with Crippen molar-refractivity contribution in [1.29, 1.82) is 0 Å². The van der Waals surface area contributed by atoms with Crippen molar-refractivity contribution >= 4 is 16.0 Å². The lowest BCUT2D eigenvalue weighted by molar-refractivity contribution is 0.0600. The molecular formula is C24H23F2NO4S. The molecule has 0 spiro atoms. The number of benzene rings is 3. The van der Waals surface area contributed by atoms with Gasteiger partial charge in [0.2, 0.25) is 10.0 Å². The van der Waals surface area contributed by atoms with E-state index in [1.54, 1.807) is 24.3 Å². The van der Waals surface area contributed by atoms with Gasteiger partial charge in [0.25, 0.3) is 0 Å². The summed E-state index contributed by atoms with van der Waals surface area (Å²) in [6, 6.07) is 17.5. The van der Waals surface area contributed by atoms with Crippen LogP contribution in [0.3, 0.4) is 0 Å². The fraction of sp³-hybridized carbons (Fsp3) is 0.208. The molecule has 0 fully saturated rings. The predicted molar refractivity (Wildman–Crippen MR) is 116 cm³/mol. The Kier molecular flexibility index (Phi) is 7.37. The third-order valence-corrected chi connectivity index (χ3v) is 6.98. The molecule has 32 heavy (non-hydrogen) atoms. The molecule has 3 aromatic carbocycles. The highest BCUT2D eigenvalue weighted by molar-refractivity contribution is 7.89. The van der Waals surface area contributed by atoms with Crippen molar-refractivity contribution in [2.75, 3.05) is 7.11 Å². The first-order chi connectivity index (χ1) is 15.3. The lowest BCUT2D eigenvalue weighted by atomic mass is 10.0. The standard InChI is InChI=1S/C24H23F2NO4S/c1-3-23(18-7-5-4-6-8-18)27(16-17-9-11-19(12-10-17)24(28)31-2)32(29,30)20-13-14-21(25)22(26)15-20/h4-15,23H,3,16H2,1-2H3. The average molecular weight is 460 g/mol. The van der Waals surface area contributed by atoms with Gasteiger partial charge in [-0.1, -0.05) is 49.4 Å². The Labute approximate surface area is 186 Å². The number of esters is 1. The van der Waals surface area contributed by atoms with E-state index >= 15 is 0 Å². The van der Waals surface area contributed by atoms with Crippen molar-refractivity contribution in [2.45, 2.75) is 30.8 Å². The normalized spacial score (nSPS) is 12.5. The molecule has 0 aromatic heterocycles. The molecular weight excluding hydrogens is 436 g/mol. The van der Waals surface area contributed by atoms with Gasteiger partial charge < -0.3 is 4.74 Å². The lowest BCUT2D eigenvalue weighted by Gasteiger charge is -2.31. The third kappa shape index (κ3) is 5.03. The fourth-order valence-corrected chi connectivity index (χ4v) is 5.15. The summed E-state index contributed by atoms with van der Waals surface area (Å²) in [6.07, 6.45) is 0.452. The van der Waals surface area contributed by atoms with Crippen molar-refractivity contribution in [1.82, 2.24) is 4.31 Å². The van der Waals surface area contributed by atoms with Crippen molar-refractivity contribution < 1.29 is 26.7 Å². The summed E-state index contributed by atoms with van der Waals surface area (Å²) in [4.78, 5) is 11.4. The van der Waals surface area contributed by atoms with E-state index in [0.29, 0.717) is 23.6 Å². The lowest BCUT2D eigenvalue weighted by Crippen LogP contribution is -2.34. The molecule has 1 unspecified atom stereocenters. The van der Waals surface area contributed by atoms with Gasteiger partial charge >= 0.3 is 5.97 Å². The number of carbonyl (C=O) groups excluding carboxylic acids is 1. The van der Waals surface area contributed by atoms with E-state index in [1.807, 2.05) is 37.3 Å². The van der Waals surface area contributed by atoms with Gasteiger partial charge in [-0.05, 0) is 47.9 Å².